The van der Waals surface area contributed by atoms with Gasteiger partial charge in [0, 0.05) is 5.92 Å². The number of rotatable bonds is 3. The number of aliphatic hydroxyl groups is 1. The fourth-order valence-corrected chi connectivity index (χ4v) is 1.84. The van der Waals surface area contributed by atoms with Crippen molar-refractivity contribution < 1.29 is 14.6 Å². The van der Waals surface area contributed by atoms with Crippen molar-refractivity contribution in [3.05, 3.63) is 35.9 Å². The fraction of sp³-hybridized carbons (Fsp3) is 0.417. The van der Waals surface area contributed by atoms with Crippen molar-refractivity contribution in [2.45, 2.75) is 25.6 Å². The molecule has 80 valence electrons. The summed E-state index contributed by atoms with van der Waals surface area (Å²) in [6.07, 6.45) is 1.10. The van der Waals surface area contributed by atoms with Crippen molar-refractivity contribution >= 4 is 5.97 Å². The molecule has 0 aliphatic carbocycles. The summed E-state index contributed by atoms with van der Waals surface area (Å²) in [5.74, 6) is -0.335. The second-order valence-corrected chi connectivity index (χ2v) is 3.87. The SMILES string of the molecule is O=C1CC(CCc2ccccc2)C(O)O1. The van der Waals surface area contributed by atoms with Crippen LogP contribution in [0.1, 0.15) is 18.4 Å². The highest BCUT2D eigenvalue weighted by atomic mass is 16.6. The van der Waals surface area contributed by atoms with E-state index in [1.54, 1.807) is 0 Å². The minimum absolute atomic E-state index is 0.0438. The van der Waals surface area contributed by atoms with Gasteiger partial charge in [-0.25, -0.2) is 0 Å². The zero-order valence-electron chi connectivity index (χ0n) is 8.43. The van der Waals surface area contributed by atoms with Gasteiger partial charge in [-0.05, 0) is 18.4 Å². The molecule has 3 heteroatoms. The minimum Gasteiger partial charge on any atom is -0.436 e. The maximum atomic E-state index is 10.9. The third-order valence-corrected chi connectivity index (χ3v) is 2.73. The van der Waals surface area contributed by atoms with Crippen LogP contribution in [0.15, 0.2) is 30.3 Å². The molecule has 2 rings (SSSR count). The third kappa shape index (κ3) is 2.57. The molecule has 1 saturated heterocycles. The first kappa shape index (κ1) is 10.2. The Labute approximate surface area is 88.7 Å². The first-order chi connectivity index (χ1) is 7.25. The van der Waals surface area contributed by atoms with E-state index in [0.29, 0.717) is 6.42 Å². The normalized spacial score (nSPS) is 25.3. The maximum Gasteiger partial charge on any atom is 0.308 e. The molecule has 0 bridgehead atoms. The molecule has 2 atom stereocenters. The summed E-state index contributed by atoms with van der Waals surface area (Å²) in [6.45, 7) is 0. The van der Waals surface area contributed by atoms with E-state index in [2.05, 4.69) is 4.74 Å². The quantitative estimate of drug-likeness (QED) is 0.762. The molecule has 1 aromatic rings. The molecule has 15 heavy (non-hydrogen) atoms. The molecule has 3 nitrogen and oxygen atoms in total. The van der Waals surface area contributed by atoms with E-state index in [1.807, 2.05) is 30.3 Å². The highest BCUT2D eigenvalue weighted by Gasteiger charge is 2.32. The molecule has 1 heterocycles. The van der Waals surface area contributed by atoms with E-state index in [4.69, 9.17) is 0 Å². The van der Waals surface area contributed by atoms with Gasteiger partial charge in [0.1, 0.15) is 0 Å². The van der Waals surface area contributed by atoms with Crippen LogP contribution in [0, 0.1) is 5.92 Å². The molecule has 0 amide bonds. The molecule has 1 aliphatic rings. The van der Waals surface area contributed by atoms with Crippen molar-refractivity contribution in [2.75, 3.05) is 0 Å². The average molecular weight is 206 g/mol. The topological polar surface area (TPSA) is 46.5 Å². The van der Waals surface area contributed by atoms with Gasteiger partial charge in [0.15, 0.2) is 0 Å². The zero-order chi connectivity index (χ0) is 10.7. The van der Waals surface area contributed by atoms with E-state index >= 15 is 0 Å². The number of esters is 1. The molecule has 1 aromatic carbocycles. The molecule has 2 unspecified atom stereocenters. The maximum absolute atomic E-state index is 10.9. The van der Waals surface area contributed by atoms with Crippen molar-refractivity contribution in [1.82, 2.24) is 0 Å². The third-order valence-electron chi connectivity index (χ3n) is 2.73. The predicted octanol–water partition coefficient (Wildman–Crippen LogP) is 1.50. The summed E-state index contributed by atoms with van der Waals surface area (Å²) < 4.78 is 4.68. The van der Waals surface area contributed by atoms with Gasteiger partial charge in [0.05, 0.1) is 6.42 Å². The van der Waals surface area contributed by atoms with Gasteiger partial charge in [-0.3, -0.25) is 4.79 Å². The van der Waals surface area contributed by atoms with Crippen LogP contribution in [0.4, 0.5) is 0 Å². The van der Waals surface area contributed by atoms with E-state index in [1.165, 1.54) is 5.56 Å². The van der Waals surface area contributed by atoms with Crippen molar-refractivity contribution in [3.8, 4) is 0 Å². The molecule has 1 aliphatic heterocycles. The molecule has 0 saturated carbocycles. The van der Waals surface area contributed by atoms with Crippen LogP contribution < -0.4 is 0 Å². The summed E-state index contributed by atoms with van der Waals surface area (Å²) in [5, 5.41) is 9.39. The highest BCUT2D eigenvalue weighted by Crippen LogP contribution is 2.24. The summed E-state index contributed by atoms with van der Waals surface area (Å²) in [6, 6.07) is 10.0. The molecule has 1 N–H and O–H groups in total. The van der Waals surface area contributed by atoms with Crippen LogP contribution in [0.3, 0.4) is 0 Å². The lowest BCUT2D eigenvalue weighted by Crippen LogP contribution is -2.15. The smallest absolute Gasteiger partial charge is 0.308 e. The molecule has 0 aromatic heterocycles. The Morgan fingerprint density at radius 3 is 2.67 bits per heavy atom. The van der Waals surface area contributed by atoms with Crippen molar-refractivity contribution in [2.24, 2.45) is 5.92 Å². The Morgan fingerprint density at radius 2 is 2.07 bits per heavy atom. The summed E-state index contributed by atoms with van der Waals surface area (Å²) in [7, 11) is 0. The number of ether oxygens (including phenoxy) is 1. The van der Waals surface area contributed by atoms with Crippen LogP contribution in [0.2, 0.25) is 0 Å². The number of aliphatic hydroxyl groups excluding tert-OH is 1. The first-order valence-corrected chi connectivity index (χ1v) is 5.17. The van der Waals surface area contributed by atoms with Gasteiger partial charge in [-0.1, -0.05) is 30.3 Å². The van der Waals surface area contributed by atoms with Crippen LogP contribution >= 0.6 is 0 Å². The van der Waals surface area contributed by atoms with Gasteiger partial charge in [-0.2, -0.15) is 0 Å². The van der Waals surface area contributed by atoms with Crippen LogP contribution in [0.25, 0.3) is 0 Å². The van der Waals surface area contributed by atoms with Gasteiger partial charge in [0.2, 0.25) is 6.29 Å². The Kier molecular flexibility index (Phi) is 3.02. The van der Waals surface area contributed by atoms with Gasteiger partial charge in [0.25, 0.3) is 0 Å². The van der Waals surface area contributed by atoms with Crippen LogP contribution in [0.5, 0.6) is 0 Å². The Balaban J connectivity index is 1.86. The fourth-order valence-electron chi connectivity index (χ4n) is 1.84. The molecular formula is C12H14O3. The van der Waals surface area contributed by atoms with Gasteiger partial charge >= 0.3 is 5.97 Å². The number of benzene rings is 1. The van der Waals surface area contributed by atoms with Crippen molar-refractivity contribution in [3.63, 3.8) is 0 Å². The minimum atomic E-state index is -0.902. The van der Waals surface area contributed by atoms with Gasteiger partial charge < -0.3 is 9.84 Å². The Bertz CT molecular complexity index is 334. The number of carbonyl (C=O) groups is 1. The lowest BCUT2D eigenvalue weighted by atomic mass is 9.98. The second-order valence-electron chi connectivity index (χ2n) is 3.87. The molecule has 1 fully saturated rings. The number of hydrogen-bond acceptors (Lipinski definition) is 3. The Morgan fingerprint density at radius 1 is 1.33 bits per heavy atom. The Hall–Kier alpha value is -1.35. The van der Waals surface area contributed by atoms with E-state index in [-0.39, 0.29) is 11.9 Å². The summed E-state index contributed by atoms with van der Waals surface area (Å²) in [4.78, 5) is 10.9. The first-order valence-electron chi connectivity index (χ1n) is 5.17. The predicted molar refractivity (Wildman–Crippen MR) is 55.0 cm³/mol. The summed E-state index contributed by atoms with van der Waals surface area (Å²) in [5.41, 5.74) is 1.23. The summed E-state index contributed by atoms with van der Waals surface area (Å²) >= 11 is 0. The monoisotopic (exact) mass is 206 g/mol. The lowest BCUT2D eigenvalue weighted by molar-refractivity contribution is -0.156. The number of aryl methyl sites for hydroxylation is 1. The van der Waals surface area contributed by atoms with E-state index < -0.39 is 6.29 Å². The molecular weight excluding hydrogens is 192 g/mol. The van der Waals surface area contributed by atoms with Crippen LogP contribution in [-0.2, 0) is 16.0 Å². The number of carbonyl (C=O) groups excluding carboxylic acids is 1. The average Bonchev–Trinajstić information content (AvgIpc) is 2.56. The zero-order valence-corrected chi connectivity index (χ0v) is 8.43. The standard InChI is InChI=1S/C12H14O3/c13-11-8-10(12(14)15-11)7-6-9-4-2-1-3-5-9/h1-5,10,12,14H,6-8H2. The molecule has 0 spiro atoms. The molecule has 0 radical (unpaired) electrons. The highest BCUT2D eigenvalue weighted by molar-refractivity contribution is 5.71. The van der Waals surface area contributed by atoms with E-state index in [9.17, 15) is 9.90 Å². The van der Waals surface area contributed by atoms with Gasteiger partial charge in [-0.15, -0.1) is 0 Å². The number of cyclic esters (lactones) is 1. The van der Waals surface area contributed by atoms with E-state index in [0.717, 1.165) is 12.8 Å². The van der Waals surface area contributed by atoms with Crippen molar-refractivity contribution in [1.29, 1.82) is 0 Å². The lowest BCUT2D eigenvalue weighted by Gasteiger charge is -2.10. The second kappa shape index (κ2) is 4.45. The number of hydrogen-bond donors (Lipinski definition) is 1. The largest absolute Gasteiger partial charge is 0.436 e. The van der Waals surface area contributed by atoms with Crippen LogP contribution in [-0.4, -0.2) is 17.4 Å².